The Morgan fingerprint density at radius 2 is 2.23 bits per heavy atom. The van der Waals surface area contributed by atoms with Crippen molar-refractivity contribution in [1.82, 2.24) is 4.98 Å². The summed E-state index contributed by atoms with van der Waals surface area (Å²) in [4.78, 5) is 4.16. The van der Waals surface area contributed by atoms with Crippen molar-refractivity contribution in [3.63, 3.8) is 0 Å². The van der Waals surface area contributed by atoms with Gasteiger partial charge in [-0.05, 0) is 25.0 Å². The second kappa shape index (κ2) is 6.43. The molecular weight excluding hydrogens is 186 g/mol. The highest BCUT2D eigenvalue weighted by molar-refractivity contribution is 5.85. The largest absolute Gasteiger partial charge is 0.388 e. The van der Waals surface area contributed by atoms with Gasteiger partial charge in [0.15, 0.2) is 0 Å². The standard InChI is InChI=1S/C9H13N3.ClH/c10-9(11)6-3-5-8-4-1-2-7-12-8;/h1-2,4,7H,3,5-6H2,(H3,10,11);1H. The summed E-state index contributed by atoms with van der Waals surface area (Å²) in [6, 6.07) is 5.85. The minimum atomic E-state index is 0. The third kappa shape index (κ3) is 5.20. The van der Waals surface area contributed by atoms with Gasteiger partial charge in [-0.25, -0.2) is 0 Å². The maximum atomic E-state index is 7.02. The summed E-state index contributed by atoms with van der Waals surface area (Å²) in [7, 11) is 0. The molecule has 3 nitrogen and oxygen atoms in total. The van der Waals surface area contributed by atoms with Gasteiger partial charge in [-0.15, -0.1) is 12.4 Å². The van der Waals surface area contributed by atoms with Crippen LogP contribution >= 0.6 is 12.4 Å². The first-order chi connectivity index (χ1) is 5.79. The van der Waals surface area contributed by atoms with E-state index in [9.17, 15) is 0 Å². The van der Waals surface area contributed by atoms with Crippen LogP contribution in [0.5, 0.6) is 0 Å². The van der Waals surface area contributed by atoms with Gasteiger partial charge in [0.25, 0.3) is 0 Å². The molecule has 0 bridgehead atoms. The van der Waals surface area contributed by atoms with Crippen molar-refractivity contribution < 1.29 is 0 Å². The first-order valence-electron chi connectivity index (χ1n) is 4.02. The summed E-state index contributed by atoms with van der Waals surface area (Å²) in [6.07, 6.45) is 4.26. The van der Waals surface area contributed by atoms with E-state index in [2.05, 4.69) is 4.98 Å². The van der Waals surface area contributed by atoms with Crippen LogP contribution in [-0.4, -0.2) is 10.8 Å². The van der Waals surface area contributed by atoms with Gasteiger partial charge in [0.05, 0.1) is 5.84 Å². The minimum Gasteiger partial charge on any atom is -0.388 e. The van der Waals surface area contributed by atoms with E-state index in [1.807, 2.05) is 18.2 Å². The maximum absolute atomic E-state index is 7.02. The molecule has 0 fully saturated rings. The number of pyridine rings is 1. The molecule has 0 aliphatic rings. The lowest BCUT2D eigenvalue weighted by Crippen LogP contribution is -2.09. The number of halogens is 1. The van der Waals surface area contributed by atoms with Crippen molar-refractivity contribution >= 4 is 18.2 Å². The molecule has 0 aliphatic heterocycles. The van der Waals surface area contributed by atoms with Gasteiger partial charge < -0.3 is 5.73 Å². The number of hydrogen-bond acceptors (Lipinski definition) is 2. The molecule has 0 atom stereocenters. The van der Waals surface area contributed by atoms with E-state index in [0.29, 0.717) is 6.42 Å². The Balaban J connectivity index is 0.00000144. The first kappa shape index (κ1) is 11.9. The van der Waals surface area contributed by atoms with E-state index in [0.717, 1.165) is 18.5 Å². The van der Waals surface area contributed by atoms with Gasteiger partial charge in [0.2, 0.25) is 0 Å². The fraction of sp³-hybridized carbons (Fsp3) is 0.333. The summed E-state index contributed by atoms with van der Waals surface area (Å²) in [5.41, 5.74) is 6.29. The fourth-order valence-corrected chi connectivity index (χ4v) is 1.01. The van der Waals surface area contributed by atoms with Crippen molar-refractivity contribution in [2.45, 2.75) is 19.3 Å². The van der Waals surface area contributed by atoms with Crippen molar-refractivity contribution in [2.24, 2.45) is 5.73 Å². The van der Waals surface area contributed by atoms with Crippen molar-refractivity contribution in [1.29, 1.82) is 5.41 Å². The van der Waals surface area contributed by atoms with Crippen molar-refractivity contribution in [3.8, 4) is 0 Å². The molecule has 0 unspecified atom stereocenters. The highest BCUT2D eigenvalue weighted by Gasteiger charge is 1.93. The molecule has 0 aliphatic carbocycles. The number of aryl methyl sites for hydroxylation is 1. The second-order valence-electron chi connectivity index (χ2n) is 2.70. The number of nitrogens with one attached hydrogen (secondary N) is 1. The molecule has 0 saturated carbocycles. The van der Waals surface area contributed by atoms with Crippen LogP contribution in [0.1, 0.15) is 18.5 Å². The number of hydrogen-bond donors (Lipinski definition) is 2. The zero-order valence-electron chi connectivity index (χ0n) is 7.36. The lowest BCUT2D eigenvalue weighted by atomic mass is 10.2. The van der Waals surface area contributed by atoms with Crippen LogP contribution < -0.4 is 5.73 Å². The SMILES string of the molecule is Cl.N=C(N)CCCc1ccccn1. The Kier molecular flexibility index (Phi) is 5.89. The topological polar surface area (TPSA) is 62.8 Å². The maximum Gasteiger partial charge on any atom is 0.0905 e. The van der Waals surface area contributed by atoms with Crippen molar-refractivity contribution in [3.05, 3.63) is 30.1 Å². The van der Waals surface area contributed by atoms with Gasteiger partial charge in [-0.1, -0.05) is 6.07 Å². The molecule has 4 heteroatoms. The van der Waals surface area contributed by atoms with Gasteiger partial charge >= 0.3 is 0 Å². The quantitative estimate of drug-likeness (QED) is 0.574. The molecule has 0 radical (unpaired) electrons. The smallest absolute Gasteiger partial charge is 0.0905 e. The molecule has 0 amide bonds. The van der Waals surface area contributed by atoms with Gasteiger partial charge in [-0.3, -0.25) is 10.4 Å². The van der Waals surface area contributed by atoms with Crippen LogP contribution in [0.25, 0.3) is 0 Å². The lowest BCUT2D eigenvalue weighted by molar-refractivity contribution is 0.831. The van der Waals surface area contributed by atoms with E-state index in [4.69, 9.17) is 11.1 Å². The highest BCUT2D eigenvalue weighted by atomic mass is 35.5. The molecule has 3 N–H and O–H groups in total. The average Bonchev–Trinajstić information content (AvgIpc) is 2.05. The third-order valence-corrected chi connectivity index (χ3v) is 1.61. The van der Waals surface area contributed by atoms with Gasteiger partial charge in [0, 0.05) is 18.3 Å². The van der Waals surface area contributed by atoms with Crippen LogP contribution in [-0.2, 0) is 6.42 Å². The lowest BCUT2D eigenvalue weighted by Gasteiger charge is -1.98. The number of nitrogens with zero attached hydrogens (tertiary/aromatic N) is 1. The number of aromatic nitrogens is 1. The van der Waals surface area contributed by atoms with Gasteiger partial charge in [0.1, 0.15) is 0 Å². The van der Waals surface area contributed by atoms with Crippen LogP contribution in [0, 0.1) is 5.41 Å². The van der Waals surface area contributed by atoms with Crippen LogP contribution in [0.4, 0.5) is 0 Å². The molecule has 13 heavy (non-hydrogen) atoms. The molecule has 0 saturated heterocycles. The monoisotopic (exact) mass is 199 g/mol. The Labute approximate surface area is 84.3 Å². The van der Waals surface area contributed by atoms with E-state index in [-0.39, 0.29) is 18.2 Å². The normalized spacial score (nSPS) is 8.92. The van der Waals surface area contributed by atoms with Crippen molar-refractivity contribution in [2.75, 3.05) is 0 Å². The Morgan fingerprint density at radius 3 is 2.77 bits per heavy atom. The first-order valence-corrected chi connectivity index (χ1v) is 4.02. The number of nitrogens with two attached hydrogens (primary N) is 1. The van der Waals surface area contributed by atoms with Gasteiger partial charge in [-0.2, -0.15) is 0 Å². The van der Waals surface area contributed by atoms with E-state index in [1.54, 1.807) is 6.20 Å². The predicted octanol–water partition coefficient (Wildman–Crippen LogP) is 1.76. The summed E-state index contributed by atoms with van der Waals surface area (Å²) >= 11 is 0. The molecule has 1 aromatic heterocycles. The van der Waals surface area contributed by atoms with E-state index < -0.39 is 0 Å². The molecular formula is C9H14ClN3. The third-order valence-electron chi connectivity index (χ3n) is 1.61. The molecule has 1 heterocycles. The Hall–Kier alpha value is -1.09. The summed E-state index contributed by atoms with van der Waals surface area (Å²) in [5, 5.41) is 7.02. The summed E-state index contributed by atoms with van der Waals surface area (Å²) in [5.74, 6) is 0.255. The molecule has 1 rings (SSSR count). The Bertz CT molecular complexity index is 248. The summed E-state index contributed by atoms with van der Waals surface area (Å²) < 4.78 is 0. The molecule has 72 valence electrons. The molecule has 0 aromatic carbocycles. The highest BCUT2D eigenvalue weighted by Crippen LogP contribution is 2.00. The molecule has 1 aromatic rings. The van der Waals surface area contributed by atoms with Crippen LogP contribution in [0.3, 0.4) is 0 Å². The van der Waals surface area contributed by atoms with E-state index in [1.165, 1.54) is 0 Å². The molecule has 0 spiro atoms. The second-order valence-corrected chi connectivity index (χ2v) is 2.70. The number of amidine groups is 1. The Morgan fingerprint density at radius 1 is 1.46 bits per heavy atom. The van der Waals surface area contributed by atoms with E-state index >= 15 is 0 Å². The average molecular weight is 200 g/mol. The van der Waals surface area contributed by atoms with Crippen LogP contribution in [0.2, 0.25) is 0 Å². The summed E-state index contributed by atoms with van der Waals surface area (Å²) in [6.45, 7) is 0. The fourth-order valence-electron chi connectivity index (χ4n) is 1.01. The van der Waals surface area contributed by atoms with Crippen LogP contribution in [0.15, 0.2) is 24.4 Å². The zero-order valence-corrected chi connectivity index (χ0v) is 8.18. The zero-order chi connectivity index (χ0) is 8.81. The minimum absolute atomic E-state index is 0. The predicted molar refractivity (Wildman–Crippen MR) is 56.3 cm³/mol. The number of rotatable bonds is 4.